The van der Waals surface area contributed by atoms with Crippen molar-refractivity contribution in [3.8, 4) is 0 Å². The Morgan fingerprint density at radius 2 is 1.86 bits per heavy atom. The molecule has 1 N–H and O–H groups in total. The monoisotopic (exact) mass is 288 g/mol. The molecule has 0 bridgehead atoms. The molecular formula is C16H20N2O3. The lowest BCUT2D eigenvalue weighted by molar-refractivity contribution is -0.157. The fourth-order valence-electron chi connectivity index (χ4n) is 3.21. The van der Waals surface area contributed by atoms with Gasteiger partial charge in [-0.3, -0.25) is 9.59 Å². The molecule has 2 aliphatic heterocycles. The summed E-state index contributed by atoms with van der Waals surface area (Å²) in [5.41, 5.74) is 0.531. The molecule has 0 aromatic heterocycles. The molecule has 1 aromatic rings. The van der Waals surface area contributed by atoms with Crippen LogP contribution in [0.4, 0.5) is 0 Å². The van der Waals surface area contributed by atoms with Gasteiger partial charge in [-0.25, -0.2) is 0 Å². The summed E-state index contributed by atoms with van der Waals surface area (Å²) in [5, 5.41) is 2.71. The van der Waals surface area contributed by atoms with Crippen LogP contribution in [0.25, 0.3) is 0 Å². The number of nitrogens with one attached hydrogen (secondary N) is 1. The predicted molar refractivity (Wildman–Crippen MR) is 77.5 cm³/mol. The van der Waals surface area contributed by atoms with Crippen molar-refractivity contribution in [1.29, 1.82) is 0 Å². The minimum atomic E-state index is -0.546. The Kier molecular flexibility index (Phi) is 3.68. The topological polar surface area (TPSA) is 58.6 Å². The number of carbonyl (C=O) groups is 2. The van der Waals surface area contributed by atoms with E-state index < -0.39 is 6.04 Å². The minimum Gasteiger partial charge on any atom is -0.381 e. The van der Waals surface area contributed by atoms with Crippen LogP contribution >= 0.6 is 0 Å². The molecule has 1 aromatic carbocycles. The van der Waals surface area contributed by atoms with Gasteiger partial charge in [-0.2, -0.15) is 0 Å². The number of ether oxygens (including phenoxy) is 1. The fourth-order valence-corrected chi connectivity index (χ4v) is 3.21. The minimum absolute atomic E-state index is 0.0205. The number of piperazine rings is 1. The van der Waals surface area contributed by atoms with E-state index >= 15 is 0 Å². The van der Waals surface area contributed by atoms with Gasteiger partial charge in [-0.05, 0) is 25.3 Å². The van der Waals surface area contributed by atoms with Crippen LogP contribution in [0.2, 0.25) is 0 Å². The summed E-state index contributed by atoms with van der Waals surface area (Å²) in [6, 6.07) is 8.96. The van der Waals surface area contributed by atoms with Gasteiger partial charge in [-0.1, -0.05) is 30.3 Å². The normalized spacial score (nSPS) is 25.6. The number of amides is 2. The van der Waals surface area contributed by atoms with Crippen molar-refractivity contribution < 1.29 is 14.3 Å². The standard InChI is InChI=1S/C16H20N2O3/c1-16(7-9-21-10-8-16)18-13(19)11-17-15(20)14(18)12-5-3-2-4-6-12/h2-6,14H,7-11H2,1H3,(H,17,20). The van der Waals surface area contributed by atoms with Crippen LogP contribution < -0.4 is 5.32 Å². The van der Waals surface area contributed by atoms with Gasteiger partial charge in [0.15, 0.2) is 0 Å². The third-order valence-electron chi connectivity index (χ3n) is 4.46. The van der Waals surface area contributed by atoms with Crippen LogP contribution in [-0.2, 0) is 14.3 Å². The van der Waals surface area contributed by atoms with Crippen LogP contribution in [-0.4, -0.2) is 42.0 Å². The van der Waals surface area contributed by atoms with Gasteiger partial charge in [0.2, 0.25) is 11.8 Å². The van der Waals surface area contributed by atoms with E-state index in [1.54, 1.807) is 4.90 Å². The van der Waals surface area contributed by atoms with Gasteiger partial charge in [0.05, 0.1) is 6.54 Å². The number of benzene rings is 1. The fraction of sp³-hybridized carbons (Fsp3) is 0.500. The van der Waals surface area contributed by atoms with Gasteiger partial charge in [0.1, 0.15) is 6.04 Å². The Bertz CT molecular complexity index is 538. The first-order chi connectivity index (χ1) is 10.1. The highest BCUT2D eigenvalue weighted by atomic mass is 16.5. The Labute approximate surface area is 124 Å². The van der Waals surface area contributed by atoms with Crippen LogP contribution in [0.15, 0.2) is 30.3 Å². The second kappa shape index (κ2) is 5.48. The molecule has 2 aliphatic rings. The third kappa shape index (κ3) is 2.53. The maximum absolute atomic E-state index is 12.5. The number of hydrogen-bond donors (Lipinski definition) is 1. The molecule has 0 radical (unpaired) electrons. The molecule has 2 heterocycles. The molecule has 112 valence electrons. The molecule has 2 amide bonds. The van der Waals surface area contributed by atoms with E-state index in [9.17, 15) is 9.59 Å². The van der Waals surface area contributed by atoms with Gasteiger partial charge in [-0.15, -0.1) is 0 Å². The molecule has 1 atom stereocenters. The molecule has 3 rings (SSSR count). The van der Waals surface area contributed by atoms with E-state index in [4.69, 9.17) is 4.74 Å². The number of rotatable bonds is 2. The zero-order valence-electron chi connectivity index (χ0n) is 12.2. The summed E-state index contributed by atoms with van der Waals surface area (Å²) >= 11 is 0. The van der Waals surface area contributed by atoms with Gasteiger partial charge >= 0.3 is 0 Å². The maximum atomic E-state index is 12.5. The first kappa shape index (κ1) is 14.1. The lowest BCUT2D eigenvalue weighted by Gasteiger charge is -2.49. The van der Waals surface area contributed by atoms with E-state index in [2.05, 4.69) is 12.2 Å². The molecule has 2 fully saturated rings. The van der Waals surface area contributed by atoms with E-state index in [0.717, 1.165) is 18.4 Å². The zero-order chi connectivity index (χ0) is 14.9. The highest BCUT2D eigenvalue weighted by molar-refractivity contribution is 5.96. The molecule has 0 aliphatic carbocycles. The SMILES string of the molecule is CC1(N2C(=O)CNC(=O)C2c2ccccc2)CCOCC1. The van der Waals surface area contributed by atoms with E-state index in [-0.39, 0.29) is 23.9 Å². The molecule has 1 unspecified atom stereocenters. The quantitative estimate of drug-likeness (QED) is 0.891. The largest absolute Gasteiger partial charge is 0.381 e. The molecule has 21 heavy (non-hydrogen) atoms. The van der Waals surface area contributed by atoms with E-state index in [1.165, 1.54) is 0 Å². The lowest BCUT2D eigenvalue weighted by atomic mass is 9.86. The second-order valence-electron chi connectivity index (χ2n) is 5.90. The van der Waals surface area contributed by atoms with E-state index in [1.807, 2.05) is 30.3 Å². The van der Waals surface area contributed by atoms with Crippen molar-refractivity contribution in [3.05, 3.63) is 35.9 Å². The highest BCUT2D eigenvalue weighted by Crippen LogP contribution is 2.36. The molecule has 0 saturated carbocycles. The molecule has 5 nitrogen and oxygen atoms in total. The zero-order valence-corrected chi connectivity index (χ0v) is 12.2. The number of nitrogens with zero attached hydrogens (tertiary/aromatic N) is 1. The Hall–Kier alpha value is -1.88. The second-order valence-corrected chi connectivity index (χ2v) is 5.90. The number of carbonyl (C=O) groups excluding carboxylic acids is 2. The van der Waals surface area contributed by atoms with Crippen LogP contribution in [0.1, 0.15) is 31.4 Å². The highest BCUT2D eigenvalue weighted by Gasteiger charge is 2.46. The smallest absolute Gasteiger partial charge is 0.247 e. The van der Waals surface area contributed by atoms with Crippen LogP contribution in [0.3, 0.4) is 0 Å². The lowest BCUT2D eigenvalue weighted by Crippen LogP contribution is -2.62. The molecular weight excluding hydrogens is 268 g/mol. The van der Waals surface area contributed by atoms with Crippen molar-refractivity contribution >= 4 is 11.8 Å². The molecule has 0 spiro atoms. The van der Waals surface area contributed by atoms with Crippen molar-refractivity contribution in [2.24, 2.45) is 0 Å². The van der Waals surface area contributed by atoms with Crippen molar-refractivity contribution in [3.63, 3.8) is 0 Å². The van der Waals surface area contributed by atoms with Crippen molar-refractivity contribution in [2.75, 3.05) is 19.8 Å². The number of hydrogen-bond acceptors (Lipinski definition) is 3. The summed E-state index contributed by atoms with van der Waals surface area (Å²) in [6.07, 6.45) is 1.52. The summed E-state index contributed by atoms with van der Waals surface area (Å²) in [7, 11) is 0. The van der Waals surface area contributed by atoms with E-state index in [0.29, 0.717) is 13.2 Å². The summed E-state index contributed by atoms with van der Waals surface area (Å²) in [6.45, 7) is 3.40. The molecule has 2 saturated heterocycles. The average Bonchev–Trinajstić information content (AvgIpc) is 2.51. The summed E-state index contributed by atoms with van der Waals surface area (Å²) in [5.74, 6) is -0.124. The maximum Gasteiger partial charge on any atom is 0.247 e. The molecule has 5 heteroatoms. The first-order valence-electron chi connectivity index (χ1n) is 7.34. The Morgan fingerprint density at radius 1 is 1.19 bits per heavy atom. The average molecular weight is 288 g/mol. The predicted octanol–water partition coefficient (Wildman–Crippen LogP) is 1.26. The van der Waals surface area contributed by atoms with Crippen LogP contribution in [0, 0.1) is 0 Å². The Morgan fingerprint density at radius 3 is 2.52 bits per heavy atom. The first-order valence-corrected chi connectivity index (χ1v) is 7.34. The van der Waals surface area contributed by atoms with Crippen LogP contribution in [0.5, 0.6) is 0 Å². The summed E-state index contributed by atoms with van der Waals surface area (Å²) < 4.78 is 5.42. The van der Waals surface area contributed by atoms with Crippen molar-refractivity contribution in [2.45, 2.75) is 31.3 Å². The van der Waals surface area contributed by atoms with Crippen molar-refractivity contribution in [1.82, 2.24) is 10.2 Å². The third-order valence-corrected chi connectivity index (χ3v) is 4.46. The van der Waals surface area contributed by atoms with Gasteiger partial charge in [0.25, 0.3) is 0 Å². The Balaban J connectivity index is 2.00. The van der Waals surface area contributed by atoms with Gasteiger partial charge < -0.3 is 15.0 Å². The summed E-state index contributed by atoms with van der Waals surface area (Å²) in [4.78, 5) is 26.7. The van der Waals surface area contributed by atoms with Gasteiger partial charge in [0, 0.05) is 18.8 Å².